The highest BCUT2D eigenvalue weighted by Crippen LogP contribution is 2.24. The maximum Gasteiger partial charge on any atom is 0.142 e. The lowest BCUT2D eigenvalue weighted by Crippen LogP contribution is -1.84. The molecule has 0 unspecified atom stereocenters. The summed E-state index contributed by atoms with van der Waals surface area (Å²) in [5.74, 6) is 0. The molecule has 1 aromatic heterocycles. The quantitative estimate of drug-likeness (QED) is 0.684. The van der Waals surface area contributed by atoms with Crippen molar-refractivity contribution in [2.75, 3.05) is 0 Å². The van der Waals surface area contributed by atoms with Gasteiger partial charge in [-0.3, -0.25) is 0 Å². The van der Waals surface area contributed by atoms with E-state index >= 15 is 0 Å². The zero-order valence-electron chi connectivity index (χ0n) is 7.69. The van der Waals surface area contributed by atoms with E-state index in [9.17, 15) is 0 Å². The summed E-state index contributed by atoms with van der Waals surface area (Å²) in [7, 11) is 0. The summed E-state index contributed by atoms with van der Waals surface area (Å²) in [5.41, 5.74) is 3.11. The monoisotopic (exact) mass is 184 g/mol. The van der Waals surface area contributed by atoms with E-state index in [4.69, 9.17) is 9.78 Å². The van der Waals surface area contributed by atoms with E-state index < -0.39 is 0 Å². The van der Waals surface area contributed by atoms with Crippen LogP contribution in [0.3, 0.4) is 0 Å². The fourth-order valence-electron chi connectivity index (χ4n) is 1.35. The van der Waals surface area contributed by atoms with Crippen molar-refractivity contribution >= 4 is 0 Å². The molecule has 0 atom stereocenters. The van der Waals surface area contributed by atoms with E-state index in [-0.39, 0.29) is 0 Å². The SMILES string of the molecule is Cc1ccccc1-c1nocc1C#N. The van der Waals surface area contributed by atoms with Crippen LogP contribution in [0.1, 0.15) is 11.1 Å². The standard InChI is InChI=1S/C11H8N2O/c1-8-4-2-3-5-10(8)11-9(6-12)7-14-13-11/h2-5,7H,1H3. The van der Waals surface area contributed by atoms with Crippen molar-refractivity contribution in [2.24, 2.45) is 0 Å². The Balaban J connectivity index is 2.62. The fraction of sp³-hybridized carbons (Fsp3) is 0.0909. The van der Waals surface area contributed by atoms with Gasteiger partial charge in [0.15, 0.2) is 0 Å². The van der Waals surface area contributed by atoms with Crippen molar-refractivity contribution < 1.29 is 4.52 Å². The van der Waals surface area contributed by atoms with Gasteiger partial charge in [-0.15, -0.1) is 0 Å². The van der Waals surface area contributed by atoms with Gasteiger partial charge in [-0.2, -0.15) is 5.26 Å². The van der Waals surface area contributed by atoms with Gasteiger partial charge in [0, 0.05) is 5.56 Å². The molecule has 0 aliphatic heterocycles. The lowest BCUT2D eigenvalue weighted by Gasteiger charge is -2.00. The van der Waals surface area contributed by atoms with Crippen LogP contribution in [0, 0.1) is 18.3 Å². The Morgan fingerprint density at radius 3 is 2.86 bits per heavy atom. The molecule has 0 bridgehead atoms. The molecule has 0 saturated heterocycles. The van der Waals surface area contributed by atoms with Gasteiger partial charge in [-0.05, 0) is 12.5 Å². The summed E-state index contributed by atoms with van der Waals surface area (Å²) < 4.78 is 4.77. The molecule has 0 aliphatic rings. The Morgan fingerprint density at radius 1 is 1.36 bits per heavy atom. The first-order valence-electron chi connectivity index (χ1n) is 4.23. The second kappa shape index (κ2) is 3.35. The van der Waals surface area contributed by atoms with Gasteiger partial charge in [0.1, 0.15) is 23.6 Å². The Morgan fingerprint density at radius 2 is 2.14 bits per heavy atom. The first kappa shape index (κ1) is 8.52. The Kier molecular flexibility index (Phi) is 2.04. The molecule has 1 heterocycles. The molecule has 0 amide bonds. The Hall–Kier alpha value is -2.08. The van der Waals surface area contributed by atoms with Crippen LogP contribution in [0.25, 0.3) is 11.3 Å². The lowest BCUT2D eigenvalue weighted by molar-refractivity contribution is 0.422. The van der Waals surface area contributed by atoms with Crippen LogP contribution < -0.4 is 0 Å². The molecule has 0 spiro atoms. The molecule has 0 aliphatic carbocycles. The summed E-state index contributed by atoms with van der Waals surface area (Å²) >= 11 is 0. The maximum atomic E-state index is 8.81. The molecule has 3 nitrogen and oxygen atoms in total. The molecule has 3 heteroatoms. The topological polar surface area (TPSA) is 49.8 Å². The molecule has 68 valence electrons. The number of benzene rings is 1. The fourth-order valence-corrected chi connectivity index (χ4v) is 1.35. The number of nitrogens with zero attached hydrogens (tertiary/aromatic N) is 2. The molecular formula is C11H8N2O. The van der Waals surface area contributed by atoms with Crippen LogP contribution in [0.4, 0.5) is 0 Å². The third kappa shape index (κ3) is 1.27. The van der Waals surface area contributed by atoms with E-state index in [2.05, 4.69) is 5.16 Å². The van der Waals surface area contributed by atoms with Crippen molar-refractivity contribution in [1.29, 1.82) is 5.26 Å². The van der Waals surface area contributed by atoms with Crippen LogP contribution in [0.2, 0.25) is 0 Å². The van der Waals surface area contributed by atoms with Crippen LogP contribution in [-0.4, -0.2) is 5.16 Å². The summed E-state index contributed by atoms with van der Waals surface area (Å²) in [6.45, 7) is 1.98. The van der Waals surface area contributed by atoms with Gasteiger partial charge in [-0.1, -0.05) is 29.4 Å². The molecule has 2 aromatic rings. The average Bonchev–Trinajstić information content (AvgIpc) is 2.66. The van der Waals surface area contributed by atoms with Crippen LogP contribution >= 0.6 is 0 Å². The summed E-state index contributed by atoms with van der Waals surface area (Å²) in [5, 5.41) is 12.6. The van der Waals surface area contributed by atoms with Crippen molar-refractivity contribution in [2.45, 2.75) is 6.92 Å². The summed E-state index contributed by atoms with van der Waals surface area (Å²) in [6, 6.07) is 9.81. The van der Waals surface area contributed by atoms with E-state index in [1.807, 2.05) is 37.3 Å². The lowest BCUT2D eigenvalue weighted by atomic mass is 10.0. The minimum absolute atomic E-state index is 0.472. The van der Waals surface area contributed by atoms with Crippen LogP contribution in [0.5, 0.6) is 0 Å². The molecule has 0 saturated carbocycles. The number of nitriles is 1. The van der Waals surface area contributed by atoms with Gasteiger partial charge in [0.25, 0.3) is 0 Å². The predicted octanol–water partition coefficient (Wildman–Crippen LogP) is 2.52. The molecule has 0 radical (unpaired) electrons. The average molecular weight is 184 g/mol. The predicted molar refractivity (Wildman–Crippen MR) is 51.4 cm³/mol. The number of aromatic nitrogens is 1. The molecule has 2 rings (SSSR count). The maximum absolute atomic E-state index is 8.81. The second-order valence-electron chi connectivity index (χ2n) is 3.00. The van der Waals surface area contributed by atoms with Crippen molar-refractivity contribution in [3.63, 3.8) is 0 Å². The molecule has 0 N–H and O–H groups in total. The van der Waals surface area contributed by atoms with Crippen molar-refractivity contribution in [3.05, 3.63) is 41.7 Å². The van der Waals surface area contributed by atoms with Gasteiger partial charge in [0.05, 0.1) is 0 Å². The highest BCUT2D eigenvalue weighted by Gasteiger charge is 2.10. The van der Waals surface area contributed by atoms with E-state index in [0.29, 0.717) is 11.3 Å². The van der Waals surface area contributed by atoms with E-state index in [0.717, 1.165) is 11.1 Å². The molecular weight excluding hydrogens is 176 g/mol. The minimum atomic E-state index is 0.472. The van der Waals surface area contributed by atoms with Gasteiger partial charge >= 0.3 is 0 Å². The highest BCUT2D eigenvalue weighted by molar-refractivity contribution is 5.68. The number of rotatable bonds is 1. The summed E-state index contributed by atoms with van der Waals surface area (Å²) in [4.78, 5) is 0. The largest absolute Gasteiger partial charge is 0.363 e. The number of hydrogen-bond donors (Lipinski definition) is 0. The molecule has 0 fully saturated rings. The highest BCUT2D eigenvalue weighted by atomic mass is 16.5. The zero-order valence-corrected chi connectivity index (χ0v) is 7.69. The van der Waals surface area contributed by atoms with Gasteiger partial charge in [0.2, 0.25) is 0 Å². The van der Waals surface area contributed by atoms with Gasteiger partial charge < -0.3 is 4.52 Å². The van der Waals surface area contributed by atoms with Crippen molar-refractivity contribution in [3.8, 4) is 17.3 Å². The third-order valence-electron chi connectivity index (χ3n) is 2.09. The molecule has 1 aromatic carbocycles. The van der Waals surface area contributed by atoms with Gasteiger partial charge in [-0.25, -0.2) is 0 Å². The molecule has 14 heavy (non-hydrogen) atoms. The normalized spacial score (nSPS) is 9.71. The number of hydrogen-bond acceptors (Lipinski definition) is 3. The van der Waals surface area contributed by atoms with Crippen molar-refractivity contribution in [1.82, 2.24) is 5.16 Å². The first-order valence-corrected chi connectivity index (χ1v) is 4.23. The second-order valence-corrected chi connectivity index (χ2v) is 3.00. The van der Waals surface area contributed by atoms with Crippen LogP contribution in [0.15, 0.2) is 35.1 Å². The summed E-state index contributed by atoms with van der Waals surface area (Å²) in [6.07, 6.45) is 1.36. The van der Waals surface area contributed by atoms with Crippen LogP contribution in [-0.2, 0) is 0 Å². The van der Waals surface area contributed by atoms with E-state index in [1.165, 1.54) is 6.26 Å². The smallest absolute Gasteiger partial charge is 0.142 e. The Labute approximate surface area is 81.6 Å². The number of aryl methyl sites for hydroxylation is 1. The minimum Gasteiger partial charge on any atom is -0.363 e. The Bertz CT molecular complexity index is 494. The third-order valence-corrected chi connectivity index (χ3v) is 2.09. The zero-order chi connectivity index (χ0) is 9.97. The van der Waals surface area contributed by atoms with E-state index in [1.54, 1.807) is 0 Å². The first-order chi connectivity index (χ1) is 6.83.